The van der Waals surface area contributed by atoms with Gasteiger partial charge in [0.2, 0.25) is 11.8 Å². The molecule has 1 unspecified atom stereocenters. The van der Waals surface area contributed by atoms with Crippen molar-refractivity contribution in [1.29, 1.82) is 0 Å². The normalized spacial score (nSPS) is 21.2. The number of imide groups is 1. The third-order valence-corrected chi connectivity index (χ3v) is 12.5. The molecule has 3 N–H and O–H groups in total. The highest BCUT2D eigenvalue weighted by atomic mass is 19.3. The summed E-state index contributed by atoms with van der Waals surface area (Å²) in [5.41, 5.74) is 2.54. The lowest BCUT2D eigenvalue weighted by molar-refractivity contribution is -0.135. The molecule has 0 spiro atoms. The van der Waals surface area contributed by atoms with Crippen LogP contribution in [-0.4, -0.2) is 91.0 Å². The zero-order chi connectivity index (χ0) is 42.7. The third kappa shape index (κ3) is 9.41. The van der Waals surface area contributed by atoms with Gasteiger partial charge >= 0.3 is 0 Å². The molecule has 17 heteroatoms. The van der Waals surface area contributed by atoms with Gasteiger partial charge in [-0.15, -0.1) is 0 Å². The number of alkyl halides is 2. The van der Waals surface area contributed by atoms with Gasteiger partial charge in [-0.2, -0.15) is 10.2 Å². The van der Waals surface area contributed by atoms with E-state index in [0.29, 0.717) is 36.2 Å². The zero-order valence-corrected chi connectivity index (χ0v) is 34.6. The number of ether oxygens (including phenoxy) is 1. The number of nitrogens with one attached hydrogen (secondary N) is 3. The maximum Gasteiger partial charge on any atom is 0.284 e. The van der Waals surface area contributed by atoms with Crippen molar-refractivity contribution in [2.45, 2.75) is 95.7 Å². The number of carbonyl (C=O) groups excluding carboxylic acids is 3. The summed E-state index contributed by atoms with van der Waals surface area (Å²) in [6, 6.07) is 8.74. The molecule has 2 aliphatic carbocycles. The van der Waals surface area contributed by atoms with Crippen molar-refractivity contribution in [1.82, 2.24) is 39.7 Å². The van der Waals surface area contributed by atoms with Crippen molar-refractivity contribution in [3.05, 3.63) is 71.6 Å². The van der Waals surface area contributed by atoms with Crippen LogP contribution < -0.4 is 16.0 Å². The zero-order valence-electron chi connectivity index (χ0n) is 34.6. The number of fused-ring (bicyclic) bond motifs is 1. The third-order valence-electron chi connectivity index (χ3n) is 12.5. The fraction of sp³-hybridized carbons (Fsp3) is 0.489. The Morgan fingerprint density at radius 2 is 1.84 bits per heavy atom. The molecule has 1 aromatic carbocycles. The molecule has 4 aromatic heterocycles. The number of rotatable bonds is 13. The molecule has 324 valence electrons. The van der Waals surface area contributed by atoms with Crippen molar-refractivity contribution in [2.24, 2.45) is 11.8 Å². The second-order valence-electron chi connectivity index (χ2n) is 16.9. The standard InChI is InChI=1S/C45H50F2N10O5/c1-27-40-30(4-2-6-36(40)57(53-27)37-13-14-39(58)52-44(37)60)5-3-21-61-33-16-19-55(20-17-33)24-29-9-11-32(12-10-29)56-25-34(41(54-56)42(46)47)50-43(59)35-26-62-45(51-35)31-15-18-48-38(22-31)49-23-28-7-8-28/h2,4,6,15,18,22,25-26,28-29,32-33,37,42H,7-14,16-17,19-21,23-24H2,1H3,(H,48,49)(H,50,59)(H,52,58,60). The number of carbonyl (C=O) groups is 3. The van der Waals surface area contributed by atoms with Gasteiger partial charge in [0.25, 0.3) is 18.2 Å². The van der Waals surface area contributed by atoms with Crippen LogP contribution >= 0.6 is 0 Å². The SMILES string of the molecule is Cc1nn(C2CCC(=O)NC2=O)c2cccc(C#CCOC3CCN(CC4CCC(n5cc(NC(=O)c6coc(-c7ccnc(NCC8CC8)c7)n6)c(C(F)F)n5)CC4)CC3)c12. The minimum Gasteiger partial charge on any atom is -0.444 e. The summed E-state index contributed by atoms with van der Waals surface area (Å²) in [7, 11) is 0. The Bertz CT molecular complexity index is 2500. The molecule has 4 aliphatic rings. The van der Waals surface area contributed by atoms with Crippen molar-refractivity contribution in [3.63, 3.8) is 0 Å². The van der Waals surface area contributed by atoms with E-state index in [1.807, 2.05) is 25.1 Å². The van der Waals surface area contributed by atoms with Gasteiger partial charge in [0.1, 0.15) is 24.7 Å². The molecule has 2 saturated carbocycles. The fourth-order valence-corrected chi connectivity index (χ4v) is 8.92. The number of halogens is 2. The van der Waals surface area contributed by atoms with Crippen LogP contribution in [0.1, 0.15) is 110 Å². The van der Waals surface area contributed by atoms with Gasteiger partial charge < -0.3 is 24.7 Å². The second kappa shape index (κ2) is 18.2. The maximum atomic E-state index is 14.2. The Morgan fingerprint density at radius 3 is 2.61 bits per heavy atom. The van der Waals surface area contributed by atoms with E-state index in [2.05, 4.69) is 52.9 Å². The van der Waals surface area contributed by atoms with E-state index in [0.717, 1.165) is 86.9 Å². The first-order chi connectivity index (χ1) is 30.1. The molecule has 9 rings (SSSR count). The van der Waals surface area contributed by atoms with E-state index in [1.165, 1.54) is 25.3 Å². The molecule has 0 radical (unpaired) electrons. The molecule has 1 atom stereocenters. The highest BCUT2D eigenvalue weighted by molar-refractivity contribution is 6.03. The van der Waals surface area contributed by atoms with E-state index in [9.17, 15) is 23.2 Å². The lowest BCUT2D eigenvalue weighted by Crippen LogP contribution is -2.42. The minimum absolute atomic E-state index is 0.0263. The van der Waals surface area contributed by atoms with Gasteiger partial charge in [-0.25, -0.2) is 18.7 Å². The summed E-state index contributed by atoms with van der Waals surface area (Å²) in [5.74, 6) is 7.28. The molecule has 3 amide bonds. The monoisotopic (exact) mass is 848 g/mol. The Kier molecular flexibility index (Phi) is 12.1. The average molecular weight is 849 g/mol. The van der Waals surface area contributed by atoms with E-state index < -0.39 is 24.1 Å². The summed E-state index contributed by atoms with van der Waals surface area (Å²) in [6.07, 6.45) is 10.1. The van der Waals surface area contributed by atoms with E-state index in [1.54, 1.807) is 27.7 Å². The van der Waals surface area contributed by atoms with Crippen molar-refractivity contribution >= 4 is 40.1 Å². The first-order valence-electron chi connectivity index (χ1n) is 21.6. The quantitative estimate of drug-likeness (QED) is 0.0836. The topological polar surface area (TPSA) is 174 Å². The molecule has 6 heterocycles. The second-order valence-corrected chi connectivity index (χ2v) is 16.9. The first-order valence-corrected chi connectivity index (χ1v) is 21.6. The van der Waals surface area contributed by atoms with Crippen LogP contribution in [0.25, 0.3) is 22.4 Å². The van der Waals surface area contributed by atoms with Crippen LogP contribution in [0.15, 0.2) is 53.4 Å². The maximum absolute atomic E-state index is 14.2. The summed E-state index contributed by atoms with van der Waals surface area (Å²) >= 11 is 0. The van der Waals surface area contributed by atoms with Crippen LogP contribution in [0.2, 0.25) is 0 Å². The van der Waals surface area contributed by atoms with E-state index in [-0.39, 0.29) is 47.7 Å². The van der Waals surface area contributed by atoms with Gasteiger partial charge in [-0.3, -0.25) is 29.1 Å². The molecular weight excluding hydrogens is 799 g/mol. The highest BCUT2D eigenvalue weighted by Crippen LogP contribution is 2.36. The predicted molar refractivity (Wildman–Crippen MR) is 225 cm³/mol. The number of likely N-dealkylation sites (tertiary alicyclic amines) is 1. The number of benzene rings is 1. The molecule has 2 aliphatic heterocycles. The Balaban J connectivity index is 0.725. The number of piperidine rings is 2. The smallest absolute Gasteiger partial charge is 0.284 e. The number of hydrogen-bond donors (Lipinski definition) is 3. The van der Waals surface area contributed by atoms with E-state index in [4.69, 9.17) is 9.15 Å². The van der Waals surface area contributed by atoms with Crippen LogP contribution in [0.5, 0.6) is 0 Å². The first kappa shape index (κ1) is 41.4. The lowest BCUT2D eigenvalue weighted by atomic mass is 9.85. The number of aryl methyl sites for hydroxylation is 1. The van der Waals surface area contributed by atoms with Crippen LogP contribution in [-0.2, 0) is 14.3 Å². The molecular formula is C45H50F2N10O5. The largest absolute Gasteiger partial charge is 0.444 e. The Morgan fingerprint density at radius 1 is 1.03 bits per heavy atom. The number of oxazole rings is 1. The molecule has 5 aromatic rings. The van der Waals surface area contributed by atoms with Gasteiger partial charge in [0, 0.05) is 61.5 Å². The fourth-order valence-electron chi connectivity index (χ4n) is 8.92. The van der Waals surface area contributed by atoms with Crippen LogP contribution in [0, 0.1) is 30.6 Å². The number of aromatic nitrogens is 6. The van der Waals surface area contributed by atoms with Crippen molar-refractivity contribution < 1.29 is 32.3 Å². The molecule has 15 nitrogen and oxygen atoms in total. The molecule has 2 saturated heterocycles. The van der Waals surface area contributed by atoms with E-state index >= 15 is 0 Å². The summed E-state index contributed by atoms with van der Waals surface area (Å²) < 4.78 is 43.4. The molecule has 62 heavy (non-hydrogen) atoms. The predicted octanol–water partition coefficient (Wildman–Crippen LogP) is 6.84. The van der Waals surface area contributed by atoms with Crippen LogP contribution in [0.4, 0.5) is 20.3 Å². The van der Waals surface area contributed by atoms with Crippen molar-refractivity contribution in [2.75, 3.05) is 43.4 Å². The van der Waals surface area contributed by atoms with Gasteiger partial charge in [0.15, 0.2) is 11.4 Å². The summed E-state index contributed by atoms with van der Waals surface area (Å²) in [6.45, 7) is 5.91. The number of amides is 3. The van der Waals surface area contributed by atoms with Gasteiger partial charge in [-0.05, 0) is 101 Å². The Hall–Kier alpha value is -5.99. The minimum atomic E-state index is -2.86. The van der Waals surface area contributed by atoms with Crippen LogP contribution in [0.3, 0.4) is 0 Å². The highest BCUT2D eigenvalue weighted by Gasteiger charge is 2.32. The van der Waals surface area contributed by atoms with Crippen molar-refractivity contribution in [3.8, 4) is 23.3 Å². The summed E-state index contributed by atoms with van der Waals surface area (Å²) in [4.78, 5) is 48.5. The van der Waals surface area contributed by atoms with Gasteiger partial charge in [0.05, 0.1) is 29.0 Å². The van der Waals surface area contributed by atoms with Gasteiger partial charge in [-0.1, -0.05) is 17.9 Å². The summed E-state index contributed by atoms with van der Waals surface area (Å²) in [5, 5.41) is 18.1. The number of nitrogens with zero attached hydrogens (tertiary/aromatic N) is 7. The number of hydrogen-bond acceptors (Lipinski definition) is 11. The average Bonchev–Trinajstić information content (AvgIpc) is 3.62. The Labute approximate surface area is 357 Å². The number of pyridine rings is 1. The number of anilines is 2. The molecule has 0 bridgehead atoms. The lowest BCUT2D eigenvalue weighted by Gasteiger charge is -2.36. The molecule has 4 fully saturated rings.